The first-order chi connectivity index (χ1) is 11.1. The minimum atomic E-state index is -0.108. The molecule has 1 aliphatic rings. The highest BCUT2D eigenvalue weighted by Gasteiger charge is 2.25. The van der Waals surface area contributed by atoms with Crippen LogP contribution in [0.5, 0.6) is 11.5 Å². The van der Waals surface area contributed by atoms with E-state index in [1.807, 2.05) is 6.08 Å². The molecule has 23 heavy (non-hydrogen) atoms. The van der Waals surface area contributed by atoms with Gasteiger partial charge in [0, 0.05) is 24.5 Å². The molecule has 0 aromatic heterocycles. The quantitative estimate of drug-likeness (QED) is 0.943. The molecule has 0 amide bonds. The third-order valence-corrected chi connectivity index (χ3v) is 4.16. The molecule has 5 nitrogen and oxygen atoms in total. The Morgan fingerprint density at radius 3 is 2.52 bits per heavy atom. The molecule has 0 spiro atoms. The van der Waals surface area contributed by atoms with Crippen LogP contribution in [0, 0.1) is 11.3 Å². The lowest BCUT2D eigenvalue weighted by Crippen LogP contribution is -2.18. The first kappa shape index (κ1) is 15.2. The van der Waals surface area contributed by atoms with E-state index < -0.39 is 0 Å². The molecule has 0 fully saturated rings. The van der Waals surface area contributed by atoms with E-state index >= 15 is 0 Å². The summed E-state index contributed by atoms with van der Waals surface area (Å²) in [7, 11) is 4.74. The Morgan fingerprint density at radius 2 is 1.91 bits per heavy atom. The van der Waals surface area contributed by atoms with Gasteiger partial charge >= 0.3 is 0 Å². The Kier molecular flexibility index (Phi) is 3.85. The van der Waals surface area contributed by atoms with Crippen molar-refractivity contribution in [3.8, 4) is 17.6 Å². The molecule has 118 valence electrons. The third kappa shape index (κ3) is 2.37. The third-order valence-electron chi connectivity index (χ3n) is 4.16. The molecule has 0 heterocycles. The Balaban J connectivity index is 2.37. The fourth-order valence-corrected chi connectivity index (χ4v) is 3.04. The number of phenols is 1. The molecule has 2 aromatic carbocycles. The molecule has 5 heteroatoms. The number of aromatic hydroxyl groups is 1. The average Bonchev–Trinajstić information content (AvgIpc) is 2.59. The molecule has 0 saturated carbocycles. The van der Waals surface area contributed by atoms with Gasteiger partial charge in [-0.25, -0.2) is 0 Å². The van der Waals surface area contributed by atoms with Crippen molar-refractivity contribution in [3.05, 3.63) is 41.0 Å². The molecule has 1 aliphatic carbocycles. The summed E-state index contributed by atoms with van der Waals surface area (Å²) in [5.74, 6) is 1.26. The van der Waals surface area contributed by atoms with Gasteiger partial charge in [-0.2, -0.15) is 5.26 Å². The summed E-state index contributed by atoms with van der Waals surface area (Å²) in [5, 5.41) is 21.1. The zero-order valence-electron chi connectivity index (χ0n) is 13.2. The topological polar surface area (TPSA) is 71.7 Å². The van der Waals surface area contributed by atoms with Crippen molar-refractivity contribution in [1.82, 2.24) is 0 Å². The van der Waals surface area contributed by atoms with E-state index in [0.29, 0.717) is 28.9 Å². The summed E-state index contributed by atoms with van der Waals surface area (Å²) >= 11 is 0. The lowest BCUT2D eigenvalue weighted by atomic mass is 9.88. The minimum absolute atomic E-state index is 0.108. The van der Waals surface area contributed by atoms with Crippen LogP contribution < -0.4 is 4.74 Å². The fourth-order valence-electron chi connectivity index (χ4n) is 3.04. The highest BCUT2D eigenvalue weighted by atomic mass is 16.5. The number of rotatable bonds is 3. The number of nitrogens with zero attached hydrogens (tertiary/aromatic N) is 1. The number of hydrogen-bond donors (Lipinski definition) is 1. The number of nitriles is 1. The van der Waals surface area contributed by atoms with Crippen LogP contribution in [0.1, 0.15) is 16.7 Å². The van der Waals surface area contributed by atoms with Crippen LogP contribution in [0.3, 0.4) is 0 Å². The van der Waals surface area contributed by atoms with Crippen LogP contribution in [0.4, 0.5) is 0 Å². The van der Waals surface area contributed by atoms with E-state index in [1.54, 1.807) is 32.4 Å². The number of phenolic OH excluding ortho intramolecular Hbond substituents is 1. The van der Waals surface area contributed by atoms with Gasteiger partial charge in [-0.1, -0.05) is 0 Å². The molecule has 1 atom stereocenters. The van der Waals surface area contributed by atoms with Crippen LogP contribution in [0.25, 0.3) is 16.5 Å². The number of ether oxygens (including phenoxy) is 3. The molecular formula is C18H17NO4. The van der Waals surface area contributed by atoms with Gasteiger partial charge in [-0.15, -0.1) is 0 Å². The number of hydrogen-bond acceptors (Lipinski definition) is 5. The maximum Gasteiger partial charge on any atom is 0.137 e. The monoisotopic (exact) mass is 311 g/mol. The average molecular weight is 311 g/mol. The van der Waals surface area contributed by atoms with Crippen LogP contribution in [0.15, 0.2) is 24.3 Å². The largest absolute Gasteiger partial charge is 0.507 e. The lowest BCUT2D eigenvalue weighted by molar-refractivity contribution is 0.138. The van der Waals surface area contributed by atoms with E-state index in [-0.39, 0.29) is 11.9 Å². The Labute approximate surface area is 134 Å². The number of benzene rings is 2. The van der Waals surface area contributed by atoms with Gasteiger partial charge in [-0.05, 0) is 35.2 Å². The standard InChI is InChI=1S/C18H17NO4/c1-21-12-4-10-6-15(20)13-8-16(22-2)11(9-19)5-14(13)18(10)17(7-12)23-3/h5-8,12,20H,4H2,1-3H3. The predicted molar refractivity (Wildman–Crippen MR) is 86.4 cm³/mol. The molecular weight excluding hydrogens is 294 g/mol. The second kappa shape index (κ2) is 5.82. The highest BCUT2D eigenvalue weighted by molar-refractivity contribution is 6.00. The summed E-state index contributed by atoms with van der Waals surface area (Å²) in [6.45, 7) is 0. The van der Waals surface area contributed by atoms with Crippen molar-refractivity contribution in [1.29, 1.82) is 5.26 Å². The van der Waals surface area contributed by atoms with Crippen LogP contribution >= 0.6 is 0 Å². The van der Waals surface area contributed by atoms with Crippen LogP contribution in [-0.2, 0) is 15.9 Å². The summed E-state index contributed by atoms with van der Waals surface area (Å²) in [6.07, 6.45) is 2.44. The van der Waals surface area contributed by atoms with E-state index in [0.717, 1.165) is 16.5 Å². The van der Waals surface area contributed by atoms with Crippen molar-refractivity contribution in [2.24, 2.45) is 0 Å². The first-order valence-corrected chi connectivity index (χ1v) is 7.18. The molecule has 0 saturated heterocycles. The highest BCUT2D eigenvalue weighted by Crippen LogP contribution is 2.41. The number of fused-ring (bicyclic) bond motifs is 3. The molecule has 0 bridgehead atoms. The van der Waals surface area contributed by atoms with Gasteiger partial charge < -0.3 is 19.3 Å². The summed E-state index contributed by atoms with van der Waals surface area (Å²) in [4.78, 5) is 0. The van der Waals surface area contributed by atoms with Gasteiger partial charge in [-0.3, -0.25) is 0 Å². The molecule has 0 aliphatic heterocycles. The van der Waals surface area contributed by atoms with E-state index in [4.69, 9.17) is 14.2 Å². The summed E-state index contributed by atoms with van der Waals surface area (Å²) < 4.78 is 16.1. The van der Waals surface area contributed by atoms with Gasteiger partial charge in [0.1, 0.15) is 23.3 Å². The van der Waals surface area contributed by atoms with Gasteiger partial charge in [0.25, 0.3) is 0 Å². The van der Waals surface area contributed by atoms with E-state index in [9.17, 15) is 10.4 Å². The van der Waals surface area contributed by atoms with Crippen LogP contribution in [0.2, 0.25) is 0 Å². The van der Waals surface area contributed by atoms with Crippen LogP contribution in [-0.4, -0.2) is 32.5 Å². The van der Waals surface area contributed by atoms with Crippen molar-refractivity contribution in [3.63, 3.8) is 0 Å². The maximum absolute atomic E-state index is 10.4. The predicted octanol–water partition coefficient (Wildman–Crippen LogP) is 2.98. The fraction of sp³-hybridized carbons (Fsp3) is 0.278. The van der Waals surface area contributed by atoms with Gasteiger partial charge in [0.2, 0.25) is 0 Å². The SMILES string of the molecule is COC1=CC(OC)Cc2cc(O)c3cc(OC)c(C#N)cc3c21. The number of methoxy groups -OCH3 is 3. The van der Waals surface area contributed by atoms with Crippen molar-refractivity contribution in [2.45, 2.75) is 12.5 Å². The lowest BCUT2D eigenvalue weighted by Gasteiger charge is -2.24. The second-order valence-corrected chi connectivity index (χ2v) is 5.35. The molecule has 1 N–H and O–H groups in total. The second-order valence-electron chi connectivity index (χ2n) is 5.35. The minimum Gasteiger partial charge on any atom is -0.507 e. The first-order valence-electron chi connectivity index (χ1n) is 7.18. The molecule has 3 rings (SSSR count). The Bertz CT molecular complexity index is 848. The maximum atomic E-state index is 10.4. The normalized spacial score (nSPS) is 16.4. The van der Waals surface area contributed by atoms with Crippen molar-refractivity contribution in [2.75, 3.05) is 21.3 Å². The Morgan fingerprint density at radius 1 is 1.13 bits per heavy atom. The zero-order chi connectivity index (χ0) is 16.6. The van der Waals surface area contributed by atoms with E-state index in [1.165, 1.54) is 7.11 Å². The molecule has 1 unspecified atom stereocenters. The van der Waals surface area contributed by atoms with Gasteiger partial charge in [0.15, 0.2) is 0 Å². The van der Waals surface area contributed by atoms with Crippen molar-refractivity contribution < 1.29 is 19.3 Å². The molecule has 2 aromatic rings. The summed E-state index contributed by atoms with van der Waals surface area (Å²) in [5.41, 5.74) is 2.22. The van der Waals surface area contributed by atoms with Crippen molar-refractivity contribution >= 4 is 16.5 Å². The van der Waals surface area contributed by atoms with Gasteiger partial charge in [0.05, 0.1) is 25.9 Å². The summed E-state index contributed by atoms with van der Waals surface area (Å²) in [6, 6.07) is 7.26. The Hall–Kier alpha value is -2.71. The van der Waals surface area contributed by atoms with E-state index in [2.05, 4.69) is 6.07 Å². The smallest absolute Gasteiger partial charge is 0.137 e. The molecule has 0 radical (unpaired) electrons. The zero-order valence-corrected chi connectivity index (χ0v) is 13.2.